The molecule has 2 amide bonds. The monoisotopic (exact) mass is 348 g/mol. The van der Waals surface area contributed by atoms with Gasteiger partial charge in [0.2, 0.25) is 11.8 Å². The SMILES string of the molecule is O=C(CNC(=O)Cc1ccccc1)NCc1cnn(-c2ccccc2)c1. The van der Waals surface area contributed by atoms with E-state index in [1.54, 1.807) is 10.9 Å². The van der Waals surface area contributed by atoms with Crippen LogP contribution in [-0.2, 0) is 22.6 Å². The van der Waals surface area contributed by atoms with Crippen molar-refractivity contribution in [1.29, 1.82) is 0 Å². The molecule has 0 aliphatic heterocycles. The van der Waals surface area contributed by atoms with Crippen molar-refractivity contribution in [2.45, 2.75) is 13.0 Å². The summed E-state index contributed by atoms with van der Waals surface area (Å²) in [5.74, 6) is -0.415. The van der Waals surface area contributed by atoms with Gasteiger partial charge < -0.3 is 10.6 Å². The molecule has 0 radical (unpaired) electrons. The highest BCUT2D eigenvalue weighted by atomic mass is 16.2. The lowest BCUT2D eigenvalue weighted by molar-refractivity contribution is -0.125. The zero-order chi connectivity index (χ0) is 18.2. The molecule has 0 fully saturated rings. The Hall–Kier alpha value is -3.41. The Morgan fingerprint density at radius 1 is 0.846 bits per heavy atom. The number of nitrogens with one attached hydrogen (secondary N) is 2. The summed E-state index contributed by atoms with van der Waals surface area (Å²) in [6.07, 6.45) is 3.84. The first-order valence-electron chi connectivity index (χ1n) is 8.37. The fraction of sp³-hybridized carbons (Fsp3) is 0.150. The third-order valence-corrected chi connectivity index (χ3v) is 3.80. The number of hydrogen-bond acceptors (Lipinski definition) is 3. The molecule has 132 valence electrons. The molecule has 0 atom stereocenters. The first-order valence-corrected chi connectivity index (χ1v) is 8.37. The summed E-state index contributed by atoms with van der Waals surface area (Å²) >= 11 is 0. The van der Waals surface area contributed by atoms with E-state index in [2.05, 4.69) is 15.7 Å². The van der Waals surface area contributed by atoms with Gasteiger partial charge in [-0.3, -0.25) is 9.59 Å². The molecule has 0 saturated carbocycles. The predicted molar refractivity (Wildman–Crippen MR) is 98.6 cm³/mol. The third-order valence-electron chi connectivity index (χ3n) is 3.80. The second-order valence-electron chi connectivity index (χ2n) is 5.84. The number of amides is 2. The zero-order valence-electron chi connectivity index (χ0n) is 14.3. The van der Waals surface area contributed by atoms with Crippen molar-refractivity contribution in [1.82, 2.24) is 20.4 Å². The first kappa shape index (κ1) is 17.4. The Balaban J connectivity index is 1.42. The Morgan fingerprint density at radius 3 is 2.27 bits per heavy atom. The molecular weight excluding hydrogens is 328 g/mol. The van der Waals surface area contributed by atoms with Gasteiger partial charge in [-0.05, 0) is 17.7 Å². The molecule has 1 aromatic heterocycles. The number of para-hydroxylation sites is 1. The largest absolute Gasteiger partial charge is 0.350 e. The van der Waals surface area contributed by atoms with Crippen LogP contribution in [0.4, 0.5) is 0 Å². The van der Waals surface area contributed by atoms with Crippen molar-refractivity contribution in [2.75, 3.05) is 6.54 Å². The standard InChI is InChI=1S/C20H20N4O2/c25-19(11-16-7-3-1-4-8-16)22-14-20(26)21-12-17-13-23-24(15-17)18-9-5-2-6-10-18/h1-10,13,15H,11-12,14H2,(H,21,26)(H,22,25). The van der Waals surface area contributed by atoms with E-state index >= 15 is 0 Å². The molecule has 2 N–H and O–H groups in total. The molecule has 3 rings (SSSR count). The molecule has 0 aliphatic rings. The molecule has 6 heteroatoms. The lowest BCUT2D eigenvalue weighted by Gasteiger charge is -2.06. The summed E-state index contributed by atoms with van der Waals surface area (Å²) in [6.45, 7) is 0.318. The zero-order valence-corrected chi connectivity index (χ0v) is 14.3. The van der Waals surface area contributed by atoms with Crippen molar-refractivity contribution in [3.05, 3.63) is 84.2 Å². The van der Waals surface area contributed by atoms with Gasteiger partial charge in [-0.2, -0.15) is 5.10 Å². The Bertz CT molecular complexity index is 860. The number of aromatic nitrogens is 2. The number of hydrogen-bond donors (Lipinski definition) is 2. The third kappa shape index (κ3) is 5.04. The van der Waals surface area contributed by atoms with E-state index in [0.717, 1.165) is 16.8 Å². The van der Waals surface area contributed by atoms with E-state index in [0.29, 0.717) is 6.54 Å². The number of benzene rings is 2. The van der Waals surface area contributed by atoms with Gasteiger partial charge in [-0.1, -0.05) is 48.5 Å². The van der Waals surface area contributed by atoms with Crippen LogP contribution in [0.25, 0.3) is 5.69 Å². The lowest BCUT2D eigenvalue weighted by Crippen LogP contribution is -2.37. The highest BCUT2D eigenvalue weighted by molar-refractivity contribution is 5.85. The van der Waals surface area contributed by atoms with Gasteiger partial charge in [0.25, 0.3) is 0 Å². The maximum absolute atomic E-state index is 11.9. The molecule has 2 aromatic carbocycles. The quantitative estimate of drug-likeness (QED) is 0.684. The minimum absolute atomic E-state index is 0.0432. The van der Waals surface area contributed by atoms with Crippen LogP contribution in [0, 0.1) is 0 Å². The Labute approximate surface area is 151 Å². The van der Waals surface area contributed by atoms with Crippen LogP contribution in [0.3, 0.4) is 0 Å². The van der Waals surface area contributed by atoms with Crippen LogP contribution in [0.2, 0.25) is 0 Å². The summed E-state index contributed by atoms with van der Waals surface area (Å²) in [5, 5.41) is 9.68. The minimum atomic E-state index is -0.237. The molecule has 0 bridgehead atoms. The molecule has 0 aliphatic carbocycles. The van der Waals surface area contributed by atoms with Crippen LogP contribution >= 0.6 is 0 Å². The minimum Gasteiger partial charge on any atom is -0.350 e. The number of rotatable bonds is 7. The maximum Gasteiger partial charge on any atom is 0.239 e. The smallest absolute Gasteiger partial charge is 0.239 e. The van der Waals surface area contributed by atoms with E-state index in [-0.39, 0.29) is 24.8 Å². The van der Waals surface area contributed by atoms with Crippen molar-refractivity contribution < 1.29 is 9.59 Å². The van der Waals surface area contributed by atoms with Gasteiger partial charge in [-0.15, -0.1) is 0 Å². The van der Waals surface area contributed by atoms with E-state index in [1.807, 2.05) is 66.9 Å². The van der Waals surface area contributed by atoms with Crippen LogP contribution in [-0.4, -0.2) is 28.1 Å². The van der Waals surface area contributed by atoms with Gasteiger partial charge >= 0.3 is 0 Å². The van der Waals surface area contributed by atoms with Crippen LogP contribution in [0.1, 0.15) is 11.1 Å². The maximum atomic E-state index is 11.9. The molecule has 26 heavy (non-hydrogen) atoms. The molecule has 0 spiro atoms. The molecule has 1 heterocycles. The summed E-state index contributed by atoms with van der Waals surface area (Å²) in [5.41, 5.74) is 2.76. The second kappa shape index (κ2) is 8.62. The molecule has 6 nitrogen and oxygen atoms in total. The van der Waals surface area contributed by atoms with Crippen molar-refractivity contribution >= 4 is 11.8 Å². The van der Waals surface area contributed by atoms with Gasteiger partial charge in [0, 0.05) is 18.3 Å². The van der Waals surface area contributed by atoms with E-state index < -0.39 is 0 Å². The molecule has 0 saturated heterocycles. The summed E-state index contributed by atoms with van der Waals surface area (Å²) in [6, 6.07) is 19.2. The Morgan fingerprint density at radius 2 is 1.54 bits per heavy atom. The van der Waals surface area contributed by atoms with Crippen LogP contribution < -0.4 is 10.6 Å². The summed E-state index contributed by atoms with van der Waals surface area (Å²) < 4.78 is 1.75. The van der Waals surface area contributed by atoms with Crippen molar-refractivity contribution in [3.8, 4) is 5.69 Å². The fourth-order valence-electron chi connectivity index (χ4n) is 2.46. The number of carbonyl (C=O) groups excluding carboxylic acids is 2. The lowest BCUT2D eigenvalue weighted by atomic mass is 10.1. The van der Waals surface area contributed by atoms with E-state index in [4.69, 9.17) is 0 Å². The Kier molecular flexibility index (Phi) is 5.77. The van der Waals surface area contributed by atoms with Crippen molar-refractivity contribution in [2.24, 2.45) is 0 Å². The van der Waals surface area contributed by atoms with Crippen molar-refractivity contribution in [3.63, 3.8) is 0 Å². The summed E-state index contributed by atoms with van der Waals surface area (Å²) in [4.78, 5) is 23.7. The predicted octanol–water partition coefficient (Wildman–Crippen LogP) is 1.85. The molecule has 3 aromatic rings. The first-order chi connectivity index (χ1) is 12.7. The molecular formula is C20H20N4O2. The van der Waals surface area contributed by atoms with E-state index in [1.165, 1.54) is 0 Å². The van der Waals surface area contributed by atoms with Gasteiger partial charge in [0.1, 0.15) is 0 Å². The number of carbonyl (C=O) groups is 2. The van der Waals surface area contributed by atoms with Gasteiger partial charge in [0.15, 0.2) is 0 Å². The average molecular weight is 348 g/mol. The highest BCUT2D eigenvalue weighted by Gasteiger charge is 2.07. The average Bonchev–Trinajstić information content (AvgIpc) is 3.15. The van der Waals surface area contributed by atoms with E-state index in [9.17, 15) is 9.59 Å². The fourth-order valence-corrected chi connectivity index (χ4v) is 2.46. The van der Waals surface area contributed by atoms with Crippen LogP contribution in [0.15, 0.2) is 73.1 Å². The van der Waals surface area contributed by atoms with Gasteiger partial charge in [-0.25, -0.2) is 4.68 Å². The van der Waals surface area contributed by atoms with Gasteiger partial charge in [0.05, 0.1) is 24.8 Å². The summed E-state index contributed by atoms with van der Waals surface area (Å²) in [7, 11) is 0. The number of nitrogens with zero attached hydrogens (tertiary/aromatic N) is 2. The van der Waals surface area contributed by atoms with Crippen LogP contribution in [0.5, 0.6) is 0 Å². The molecule has 0 unspecified atom stereocenters. The topological polar surface area (TPSA) is 76.0 Å². The highest BCUT2D eigenvalue weighted by Crippen LogP contribution is 2.07. The second-order valence-corrected chi connectivity index (χ2v) is 5.84. The normalized spacial score (nSPS) is 10.3.